The van der Waals surface area contributed by atoms with E-state index in [0.717, 1.165) is 12.3 Å². The molecule has 17 heavy (non-hydrogen) atoms. The van der Waals surface area contributed by atoms with Crippen LogP contribution in [0.25, 0.3) is 0 Å². The van der Waals surface area contributed by atoms with Crippen LogP contribution in [0.15, 0.2) is 36.4 Å². The van der Waals surface area contributed by atoms with Crippen molar-refractivity contribution in [2.75, 3.05) is 20.2 Å². The van der Waals surface area contributed by atoms with Crippen molar-refractivity contribution in [3.63, 3.8) is 0 Å². The van der Waals surface area contributed by atoms with Crippen LogP contribution in [-0.2, 0) is 0 Å². The molecule has 1 N–H and O–H groups in total. The molecule has 0 radical (unpaired) electrons. The predicted octanol–water partition coefficient (Wildman–Crippen LogP) is 3.39. The van der Waals surface area contributed by atoms with E-state index in [2.05, 4.69) is 37.4 Å². The SMILES string of the molecule is CNCC=CCOc1ccc(C(C)C)cc1.Cl. The third-order valence-corrected chi connectivity index (χ3v) is 2.38. The molecule has 1 aromatic carbocycles. The van der Waals surface area contributed by atoms with Gasteiger partial charge in [0.2, 0.25) is 0 Å². The van der Waals surface area contributed by atoms with Gasteiger partial charge in [-0.05, 0) is 30.7 Å². The van der Waals surface area contributed by atoms with Gasteiger partial charge in [-0.25, -0.2) is 0 Å². The first-order valence-corrected chi connectivity index (χ1v) is 5.76. The lowest BCUT2D eigenvalue weighted by molar-refractivity contribution is 0.362. The Bertz CT molecular complexity index is 319. The number of rotatable bonds is 6. The fraction of sp³-hybridized carbons (Fsp3) is 0.429. The number of ether oxygens (including phenoxy) is 1. The highest BCUT2D eigenvalue weighted by molar-refractivity contribution is 5.85. The maximum Gasteiger partial charge on any atom is 0.119 e. The van der Waals surface area contributed by atoms with Gasteiger partial charge in [-0.15, -0.1) is 12.4 Å². The van der Waals surface area contributed by atoms with Crippen molar-refractivity contribution < 1.29 is 4.74 Å². The van der Waals surface area contributed by atoms with Crippen LogP contribution in [0.4, 0.5) is 0 Å². The van der Waals surface area contributed by atoms with Gasteiger partial charge in [0.1, 0.15) is 12.4 Å². The number of likely N-dealkylation sites (N-methyl/N-ethyl adjacent to an activating group) is 1. The molecule has 0 amide bonds. The van der Waals surface area contributed by atoms with E-state index in [4.69, 9.17) is 4.74 Å². The molecule has 0 saturated carbocycles. The van der Waals surface area contributed by atoms with Gasteiger partial charge < -0.3 is 10.1 Å². The summed E-state index contributed by atoms with van der Waals surface area (Å²) in [5.74, 6) is 1.50. The summed E-state index contributed by atoms with van der Waals surface area (Å²) in [6.45, 7) is 5.89. The van der Waals surface area contributed by atoms with E-state index in [1.165, 1.54) is 5.56 Å². The van der Waals surface area contributed by atoms with Crippen molar-refractivity contribution >= 4 is 12.4 Å². The zero-order valence-corrected chi connectivity index (χ0v) is 11.6. The number of nitrogens with one attached hydrogen (secondary N) is 1. The lowest BCUT2D eigenvalue weighted by Gasteiger charge is -2.07. The fourth-order valence-electron chi connectivity index (χ4n) is 1.36. The molecule has 0 fully saturated rings. The van der Waals surface area contributed by atoms with E-state index in [9.17, 15) is 0 Å². The average Bonchev–Trinajstić information content (AvgIpc) is 2.29. The summed E-state index contributed by atoms with van der Waals surface area (Å²) in [5, 5.41) is 3.04. The van der Waals surface area contributed by atoms with Crippen LogP contribution in [0.1, 0.15) is 25.3 Å². The molecule has 0 aliphatic carbocycles. The first-order chi connectivity index (χ1) is 7.74. The van der Waals surface area contributed by atoms with Crippen molar-refractivity contribution in [3.05, 3.63) is 42.0 Å². The van der Waals surface area contributed by atoms with E-state index in [1.807, 2.05) is 25.3 Å². The second kappa shape index (κ2) is 9.08. The summed E-state index contributed by atoms with van der Waals surface area (Å²) in [6.07, 6.45) is 4.08. The highest BCUT2D eigenvalue weighted by Crippen LogP contribution is 2.18. The molecule has 1 rings (SSSR count). The summed E-state index contributed by atoms with van der Waals surface area (Å²) in [5.41, 5.74) is 1.35. The van der Waals surface area contributed by atoms with Gasteiger partial charge in [0.25, 0.3) is 0 Å². The van der Waals surface area contributed by atoms with Crippen molar-refractivity contribution in [1.29, 1.82) is 0 Å². The van der Waals surface area contributed by atoms with Crippen LogP contribution < -0.4 is 10.1 Å². The Hall–Kier alpha value is -0.990. The maximum atomic E-state index is 5.57. The largest absolute Gasteiger partial charge is 0.490 e. The quantitative estimate of drug-likeness (QED) is 0.787. The van der Waals surface area contributed by atoms with Gasteiger partial charge in [0.15, 0.2) is 0 Å². The molecule has 0 spiro atoms. The Kier molecular flexibility index (Phi) is 8.55. The monoisotopic (exact) mass is 255 g/mol. The molecule has 0 aliphatic rings. The Morgan fingerprint density at radius 2 is 1.82 bits per heavy atom. The molecule has 0 bridgehead atoms. The van der Waals surface area contributed by atoms with Gasteiger partial charge in [-0.2, -0.15) is 0 Å². The minimum atomic E-state index is 0. The van der Waals surface area contributed by atoms with Crippen molar-refractivity contribution in [3.8, 4) is 5.75 Å². The van der Waals surface area contributed by atoms with E-state index in [0.29, 0.717) is 12.5 Å². The number of benzene rings is 1. The van der Waals surface area contributed by atoms with Crippen molar-refractivity contribution in [1.82, 2.24) is 5.32 Å². The molecule has 0 atom stereocenters. The topological polar surface area (TPSA) is 21.3 Å². The highest BCUT2D eigenvalue weighted by atomic mass is 35.5. The second-order valence-electron chi connectivity index (χ2n) is 4.06. The number of halogens is 1. The molecule has 2 nitrogen and oxygen atoms in total. The summed E-state index contributed by atoms with van der Waals surface area (Å²) >= 11 is 0. The van der Waals surface area contributed by atoms with Crippen LogP contribution >= 0.6 is 12.4 Å². The van der Waals surface area contributed by atoms with Crippen LogP contribution in [0.2, 0.25) is 0 Å². The molecular weight excluding hydrogens is 234 g/mol. The molecule has 0 aliphatic heterocycles. The maximum absolute atomic E-state index is 5.57. The Balaban J connectivity index is 0.00000256. The fourth-order valence-corrected chi connectivity index (χ4v) is 1.36. The van der Waals surface area contributed by atoms with Gasteiger partial charge in [0.05, 0.1) is 0 Å². The van der Waals surface area contributed by atoms with Gasteiger partial charge >= 0.3 is 0 Å². The lowest BCUT2D eigenvalue weighted by Crippen LogP contribution is -2.04. The van der Waals surface area contributed by atoms with Crippen LogP contribution in [0, 0.1) is 0 Å². The van der Waals surface area contributed by atoms with E-state index < -0.39 is 0 Å². The Morgan fingerprint density at radius 1 is 1.18 bits per heavy atom. The molecule has 96 valence electrons. The van der Waals surface area contributed by atoms with Gasteiger partial charge in [-0.3, -0.25) is 0 Å². The normalized spacial score (nSPS) is 10.6. The third-order valence-electron chi connectivity index (χ3n) is 2.38. The third kappa shape index (κ3) is 6.35. The minimum Gasteiger partial charge on any atom is -0.490 e. The number of hydrogen-bond acceptors (Lipinski definition) is 2. The van der Waals surface area contributed by atoms with Crippen molar-refractivity contribution in [2.45, 2.75) is 19.8 Å². The van der Waals surface area contributed by atoms with Crippen LogP contribution in [0.3, 0.4) is 0 Å². The molecular formula is C14H22ClNO. The van der Waals surface area contributed by atoms with E-state index in [1.54, 1.807) is 0 Å². The number of hydrogen-bond donors (Lipinski definition) is 1. The van der Waals surface area contributed by atoms with E-state index in [-0.39, 0.29) is 12.4 Å². The zero-order valence-electron chi connectivity index (χ0n) is 10.8. The summed E-state index contributed by atoms with van der Waals surface area (Å²) in [4.78, 5) is 0. The van der Waals surface area contributed by atoms with Crippen LogP contribution in [0.5, 0.6) is 5.75 Å². The highest BCUT2D eigenvalue weighted by Gasteiger charge is 1.98. The first kappa shape index (κ1) is 16.0. The molecule has 0 saturated heterocycles. The standard InChI is InChI=1S/C14H21NO.ClH/c1-12(2)13-6-8-14(9-7-13)16-11-5-4-10-15-3;/h4-9,12,15H,10-11H2,1-3H3;1H. The average molecular weight is 256 g/mol. The van der Waals surface area contributed by atoms with Gasteiger partial charge in [0, 0.05) is 6.54 Å². The summed E-state index contributed by atoms with van der Waals surface area (Å²) < 4.78 is 5.57. The van der Waals surface area contributed by atoms with E-state index >= 15 is 0 Å². The molecule has 3 heteroatoms. The smallest absolute Gasteiger partial charge is 0.119 e. The van der Waals surface area contributed by atoms with Crippen molar-refractivity contribution in [2.24, 2.45) is 0 Å². The minimum absolute atomic E-state index is 0. The Morgan fingerprint density at radius 3 is 2.35 bits per heavy atom. The van der Waals surface area contributed by atoms with Gasteiger partial charge in [-0.1, -0.05) is 38.1 Å². The Labute approximate surface area is 110 Å². The second-order valence-corrected chi connectivity index (χ2v) is 4.06. The predicted molar refractivity (Wildman–Crippen MR) is 76.3 cm³/mol. The van der Waals surface area contributed by atoms with Crippen LogP contribution in [-0.4, -0.2) is 20.2 Å². The molecule has 0 heterocycles. The summed E-state index contributed by atoms with van der Waals surface area (Å²) in [7, 11) is 1.93. The first-order valence-electron chi connectivity index (χ1n) is 5.76. The molecule has 0 unspecified atom stereocenters. The summed E-state index contributed by atoms with van der Waals surface area (Å²) in [6, 6.07) is 8.30. The zero-order chi connectivity index (χ0) is 11.8. The molecule has 0 aromatic heterocycles. The molecule has 1 aromatic rings. The lowest BCUT2D eigenvalue weighted by atomic mass is 10.0.